The van der Waals surface area contributed by atoms with Crippen molar-refractivity contribution < 1.29 is 14.3 Å². The van der Waals surface area contributed by atoms with Crippen LogP contribution >= 0.6 is 23.3 Å². The topological polar surface area (TPSA) is 142 Å². The molecule has 3 N–H and O–H groups in total. The molecule has 0 amide bonds. The highest BCUT2D eigenvalue weighted by atomic mass is 35.5. The highest BCUT2D eigenvalue weighted by molar-refractivity contribution is 6.99. The molecular formula is C22H20ClFN8O2S. The van der Waals surface area contributed by atoms with Gasteiger partial charge in [-0.3, -0.25) is 4.79 Å². The van der Waals surface area contributed by atoms with E-state index < -0.39 is 23.2 Å². The second-order valence-electron chi connectivity index (χ2n) is 9.08. The molecule has 0 aromatic carbocycles. The molecular weight excluding hydrogens is 495 g/mol. The van der Waals surface area contributed by atoms with Crippen molar-refractivity contribution in [3.8, 4) is 22.8 Å². The van der Waals surface area contributed by atoms with Gasteiger partial charge >= 0.3 is 5.97 Å². The third-order valence-electron chi connectivity index (χ3n) is 7.14. The van der Waals surface area contributed by atoms with Crippen LogP contribution in [0, 0.1) is 17.7 Å². The zero-order chi connectivity index (χ0) is 24.2. The first-order valence-electron chi connectivity index (χ1n) is 11.3. The lowest BCUT2D eigenvalue weighted by molar-refractivity contribution is -0.149. The van der Waals surface area contributed by atoms with Crippen LogP contribution in [-0.4, -0.2) is 50.3 Å². The number of halogens is 2. The average Bonchev–Trinajstić information content (AvgIpc) is 3.50. The van der Waals surface area contributed by atoms with E-state index in [4.69, 9.17) is 11.6 Å². The van der Waals surface area contributed by atoms with Gasteiger partial charge in [-0.15, -0.1) is 0 Å². The molecule has 10 nitrogen and oxygen atoms in total. The van der Waals surface area contributed by atoms with Crippen molar-refractivity contribution in [2.45, 2.75) is 44.1 Å². The first-order valence-corrected chi connectivity index (χ1v) is 12.4. The molecule has 13 heteroatoms. The monoisotopic (exact) mass is 514 g/mol. The molecule has 0 radical (unpaired) electrons. The number of nitrogens with one attached hydrogen (secondary N) is 2. The zero-order valence-electron chi connectivity index (χ0n) is 18.3. The van der Waals surface area contributed by atoms with Gasteiger partial charge in [0.15, 0.2) is 23.1 Å². The van der Waals surface area contributed by atoms with Crippen molar-refractivity contribution in [2.24, 2.45) is 11.8 Å². The van der Waals surface area contributed by atoms with Crippen molar-refractivity contribution in [3.05, 3.63) is 29.6 Å². The van der Waals surface area contributed by atoms with Gasteiger partial charge in [-0.2, -0.15) is 8.75 Å². The molecule has 4 aromatic rings. The molecule has 2 aliphatic rings. The summed E-state index contributed by atoms with van der Waals surface area (Å²) in [6.45, 7) is 0. The fourth-order valence-electron chi connectivity index (χ4n) is 5.73. The van der Waals surface area contributed by atoms with E-state index in [2.05, 4.69) is 39.0 Å². The molecule has 1 atom stereocenters. The lowest BCUT2D eigenvalue weighted by atomic mass is 9.59. The third kappa shape index (κ3) is 3.71. The second-order valence-corrected chi connectivity index (χ2v) is 10.0. The molecule has 0 aliphatic heterocycles. The number of aliphatic carboxylic acids is 1. The van der Waals surface area contributed by atoms with E-state index in [-0.39, 0.29) is 34.1 Å². The highest BCUT2D eigenvalue weighted by Gasteiger charge is 2.52. The van der Waals surface area contributed by atoms with Crippen LogP contribution < -0.4 is 5.32 Å². The van der Waals surface area contributed by atoms with E-state index in [9.17, 15) is 9.90 Å². The Balaban J connectivity index is 1.52. The molecule has 2 saturated carbocycles. The van der Waals surface area contributed by atoms with Gasteiger partial charge in [0.25, 0.3) is 0 Å². The molecule has 0 spiro atoms. The normalized spacial score (nSPS) is 23.9. The number of fused-ring (bicyclic) bond motifs is 3. The Hall–Kier alpha value is -3.25. The number of carboxylic acid groups (broad SMARTS) is 1. The lowest BCUT2D eigenvalue weighted by Crippen LogP contribution is -2.57. The molecule has 2 aliphatic carbocycles. The van der Waals surface area contributed by atoms with Crippen LogP contribution in [0.25, 0.3) is 33.9 Å². The number of aromatic amines is 1. The summed E-state index contributed by atoms with van der Waals surface area (Å²) in [6.07, 6.45) is 9.22. The summed E-state index contributed by atoms with van der Waals surface area (Å²) < 4.78 is 24.0. The zero-order valence-corrected chi connectivity index (χ0v) is 19.9. The number of hydrogen-bond donors (Lipinski definition) is 3. The number of carboxylic acids is 1. The predicted octanol–water partition coefficient (Wildman–Crippen LogP) is 4.56. The number of nitrogens with zero attached hydrogens (tertiary/aromatic N) is 6. The maximum atomic E-state index is 15.9. The van der Waals surface area contributed by atoms with Crippen molar-refractivity contribution >= 4 is 46.3 Å². The summed E-state index contributed by atoms with van der Waals surface area (Å²) in [6, 6.07) is 0. The SMILES string of the molecule is O=C(O)[C@H]1C2CCCC1(Nc1nc(-c3c[nH]c4ncc(Cl)nc34)nc(-c3cnsn3)c1F)CCC2. The minimum atomic E-state index is -0.859. The standard InChI is InChI=1S/C22H20ClFN8O2S/c23-13-9-26-20-16(28-13)11(7-25-20)18-29-17(12-8-27-35-32-12)15(24)19(30-18)31-22-5-1-3-10(4-2-6-22)14(22)21(33)34/h7-10,14H,1-6H2,(H,25,26)(H,33,34)(H,29,30,31)/t10?,14-,22?/m1/s1. The van der Waals surface area contributed by atoms with Crippen molar-refractivity contribution in [1.29, 1.82) is 0 Å². The minimum absolute atomic E-state index is 0.0259. The number of hydrogen-bond acceptors (Lipinski definition) is 9. The van der Waals surface area contributed by atoms with E-state index in [0.29, 0.717) is 29.6 Å². The van der Waals surface area contributed by atoms with E-state index >= 15 is 4.39 Å². The Labute approximate surface area is 207 Å². The van der Waals surface area contributed by atoms with Crippen molar-refractivity contribution in [3.63, 3.8) is 0 Å². The summed E-state index contributed by atoms with van der Waals surface area (Å²) in [7, 11) is 0. The Kier molecular flexibility index (Phi) is 5.37. The largest absolute Gasteiger partial charge is 0.481 e. The molecule has 0 saturated heterocycles. The molecule has 4 heterocycles. The number of H-pyrrole nitrogens is 1. The minimum Gasteiger partial charge on any atom is -0.481 e. The molecule has 35 heavy (non-hydrogen) atoms. The van der Waals surface area contributed by atoms with Gasteiger partial charge in [-0.25, -0.2) is 24.3 Å². The molecule has 180 valence electrons. The molecule has 6 rings (SSSR count). The predicted molar refractivity (Wildman–Crippen MR) is 127 cm³/mol. The first-order chi connectivity index (χ1) is 16.9. The van der Waals surface area contributed by atoms with Gasteiger partial charge in [-0.05, 0) is 31.6 Å². The Morgan fingerprint density at radius 1 is 1.23 bits per heavy atom. The number of rotatable bonds is 5. The maximum absolute atomic E-state index is 15.9. The molecule has 2 fully saturated rings. The van der Waals surface area contributed by atoms with Crippen LogP contribution in [0.15, 0.2) is 18.6 Å². The summed E-state index contributed by atoms with van der Waals surface area (Å²) in [5.74, 6) is -1.99. The van der Waals surface area contributed by atoms with Crippen LogP contribution in [0.4, 0.5) is 10.2 Å². The molecule has 2 bridgehead atoms. The van der Waals surface area contributed by atoms with E-state index in [0.717, 1.165) is 37.4 Å². The quantitative estimate of drug-likeness (QED) is 0.349. The van der Waals surface area contributed by atoms with Crippen LogP contribution in [0.3, 0.4) is 0 Å². The average molecular weight is 515 g/mol. The fourth-order valence-corrected chi connectivity index (χ4v) is 6.28. The number of carbonyl (C=O) groups is 1. The van der Waals surface area contributed by atoms with Crippen LogP contribution in [0.1, 0.15) is 38.5 Å². The van der Waals surface area contributed by atoms with Gasteiger partial charge in [0.2, 0.25) is 0 Å². The number of aromatic nitrogens is 7. The third-order valence-corrected chi connectivity index (χ3v) is 7.80. The Bertz CT molecular complexity index is 1420. The van der Waals surface area contributed by atoms with Gasteiger partial charge in [-0.1, -0.05) is 24.4 Å². The van der Waals surface area contributed by atoms with Crippen LogP contribution in [0.2, 0.25) is 5.15 Å². The van der Waals surface area contributed by atoms with Gasteiger partial charge < -0.3 is 15.4 Å². The summed E-state index contributed by atoms with van der Waals surface area (Å²) in [5, 5.41) is 13.6. The van der Waals surface area contributed by atoms with Gasteiger partial charge in [0.1, 0.15) is 22.1 Å². The summed E-state index contributed by atoms with van der Waals surface area (Å²) in [5.41, 5.74) is 0.855. The fraction of sp³-hybridized carbons (Fsp3) is 0.409. The lowest BCUT2D eigenvalue weighted by Gasteiger charge is -2.50. The second kappa shape index (κ2) is 8.45. The van der Waals surface area contributed by atoms with Crippen molar-refractivity contribution in [1.82, 2.24) is 33.7 Å². The van der Waals surface area contributed by atoms with Crippen LogP contribution in [-0.2, 0) is 4.79 Å². The molecule has 0 unspecified atom stereocenters. The summed E-state index contributed by atoms with van der Waals surface area (Å²) >= 11 is 7.00. The number of anilines is 1. The maximum Gasteiger partial charge on any atom is 0.309 e. The molecule has 4 aromatic heterocycles. The Morgan fingerprint density at radius 3 is 2.74 bits per heavy atom. The van der Waals surface area contributed by atoms with Crippen LogP contribution in [0.5, 0.6) is 0 Å². The highest BCUT2D eigenvalue weighted by Crippen LogP contribution is 2.49. The van der Waals surface area contributed by atoms with Crippen molar-refractivity contribution in [2.75, 3.05) is 5.32 Å². The smallest absolute Gasteiger partial charge is 0.309 e. The first kappa shape index (κ1) is 22.2. The van der Waals surface area contributed by atoms with E-state index in [1.807, 2.05) is 0 Å². The van der Waals surface area contributed by atoms with Gasteiger partial charge in [0.05, 0.1) is 41.1 Å². The summed E-state index contributed by atoms with van der Waals surface area (Å²) in [4.78, 5) is 32.9. The van der Waals surface area contributed by atoms with E-state index in [1.54, 1.807) is 6.20 Å². The van der Waals surface area contributed by atoms with E-state index in [1.165, 1.54) is 12.4 Å². The van der Waals surface area contributed by atoms with Gasteiger partial charge in [0, 0.05) is 6.20 Å². The Morgan fingerprint density at radius 2 is 2.03 bits per heavy atom.